The second-order valence-electron chi connectivity index (χ2n) is 8.01. The standard InChI is InChI=1S/C22H20ClN7O2S/c1-12-18(32-2)14(15(20(24)31)19(23)28-12)13-3-6-26-16(21-29-27-11-33-21)17(13)30-9-22(10-30)4-7-25-8-5-22/h3-4,6-8,11H,5,9-10H2,1-2H3,(H2,24,31). The van der Waals surface area contributed by atoms with Crippen molar-refractivity contribution in [2.75, 3.05) is 25.1 Å². The van der Waals surface area contributed by atoms with Gasteiger partial charge >= 0.3 is 0 Å². The fourth-order valence-corrected chi connectivity index (χ4v) is 5.33. The second kappa shape index (κ2) is 8.20. The number of nitrogens with zero attached hydrogens (tertiary/aromatic N) is 6. The molecule has 2 N–H and O–H groups in total. The fraction of sp³-hybridized carbons (Fsp3) is 0.273. The highest BCUT2D eigenvalue weighted by Gasteiger charge is 2.43. The van der Waals surface area contributed by atoms with Crippen LogP contribution in [0.3, 0.4) is 0 Å². The number of aliphatic imine (C=N–C) groups is 1. The number of primary amides is 1. The highest BCUT2D eigenvalue weighted by Crippen LogP contribution is 2.49. The Bertz CT molecular complexity index is 1300. The van der Waals surface area contributed by atoms with Crippen molar-refractivity contribution in [2.24, 2.45) is 16.1 Å². The highest BCUT2D eigenvalue weighted by atomic mass is 35.5. The van der Waals surface area contributed by atoms with Gasteiger partial charge in [-0.15, -0.1) is 10.2 Å². The maximum atomic E-state index is 12.5. The number of nitrogens with two attached hydrogens (primary N) is 1. The maximum Gasteiger partial charge on any atom is 0.252 e. The van der Waals surface area contributed by atoms with Gasteiger partial charge < -0.3 is 15.4 Å². The van der Waals surface area contributed by atoms with Crippen molar-refractivity contribution >= 4 is 40.7 Å². The predicted molar refractivity (Wildman–Crippen MR) is 128 cm³/mol. The zero-order valence-electron chi connectivity index (χ0n) is 17.9. The van der Waals surface area contributed by atoms with Crippen LogP contribution in [-0.2, 0) is 0 Å². The van der Waals surface area contributed by atoms with Crippen LogP contribution >= 0.6 is 22.9 Å². The second-order valence-corrected chi connectivity index (χ2v) is 9.20. The van der Waals surface area contributed by atoms with Gasteiger partial charge in [-0.05, 0) is 19.4 Å². The predicted octanol–water partition coefficient (Wildman–Crippen LogP) is 3.53. The molecule has 0 unspecified atom stereocenters. The molecular weight excluding hydrogens is 462 g/mol. The number of hydrogen-bond acceptors (Lipinski definition) is 9. The summed E-state index contributed by atoms with van der Waals surface area (Å²) in [6, 6.07) is 1.84. The van der Waals surface area contributed by atoms with E-state index >= 15 is 0 Å². The summed E-state index contributed by atoms with van der Waals surface area (Å²) < 4.78 is 5.68. The van der Waals surface area contributed by atoms with Crippen molar-refractivity contribution in [3.63, 3.8) is 0 Å². The Kier molecular flexibility index (Phi) is 5.34. The van der Waals surface area contributed by atoms with Gasteiger partial charge in [-0.25, -0.2) is 4.98 Å². The number of hydrogen-bond donors (Lipinski definition) is 1. The summed E-state index contributed by atoms with van der Waals surface area (Å²) in [5.41, 5.74) is 10.8. The first kappa shape index (κ1) is 21.5. The average molecular weight is 482 g/mol. The number of amides is 1. The average Bonchev–Trinajstić information content (AvgIpc) is 3.31. The molecule has 3 aromatic rings. The number of aryl methyl sites for hydroxylation is 1. The third-order valence-corrected chi connectivity index (χ3v) is 6.90. The molecule has 0 saturated carbocycles. The van der Waals surface area contributed by atoms with Gasteiger partial charge in [0.1, 0.15) is 22.1 Å². The van der Waals surface area contributed by atoms with Crippen LogP contribution in [0.15, 0.2) is 35.0 Å². The number of anilines is 1. The van der Waals surface area contributed by atoms with Crippen LogP contribution in [0.25, 0.3) is 21.8 Å². The van der Waals surface area contributed by atoms with Crippen molar-refractivity contribution in [1.29, 1.82) is 0 Å². The van der Waals surface area contributed by atoms with E-state index in [2.05, 4.69) is 36.1 Å². The molecule has 1 spiro atoms. The fourth-order valence-electron chi connectivity index (χ4n) is 4.46. The molecule has 0 aromatic carbocycles. The van der Waals surface area contributed by atoms with E-state index in [9.17, 15) is 4.79 Å². The minimum Gasteiger partial charge on any atom is -0.494 e. The largest absolute Gasteiger partial charge is 0.494 e. The number of aromatic nitrogens is 4. The lowest BCUT2D eigenvalue weighted by atomic mass is 9.75. The first-order valence-electron chi connectivity index (χ1n) is 10.2. The summed E-state index contributed by atoms with van der Waals surface area (Å²) in [6.45, 7) is 3.29. The molecule has 3 aromatic heterocycles. The molecule has 0 aliphatic carbocycles. The molecule has 1 fully saturated rings. The smallest absolute Gasteiger partial charge is 0.252 e. The molecule has 1 amide bonds. The first-order chi connectivity index (χ1) is 15.9. The summed E-state index contributed by atoms with van der Waals surface area (Å²) in [4.78, 5) is 27.8. The zero-order chi connectivity index (χ0) is 23.2. The van der Waals surface area contributed by atoms with Crippen LogP contribution in [0, 0.1) is 12.3 Å². The Labute approximate surface area is 199 Å². The molecule has 0 radical (unpaired) electrons. The van der Waals surface area contributed by atoms with Gasteiger partial charge in [0.25, 0.3) is 5.91 Å². The number of pyridine rings is 2. The van der Waals surface area contributed by atoms with Crippen LogP contribution in [0.5, 0.6) is 5.75 Å². The van der Waals surface area contributed by atoms with Crippen LogP contribution < -0.4 is 15.4 Å². The summed E-state index contributed by atoms with van der Waals surface area (Å²) >= 11 is 7.80. The van der Waals surface area contributed by atoms with Gasteiger partial charge in [0.15, 0.2) is 5.01 Å². The summed E-state index contributed by atoms with van der Waals surface area (Å²) in [5, 5.41) is 8.93. The van der Waals surface area contributed by atoms with E-state index in [1.54, 1.807) is 18.6 Å². The lowest BCUT2D eigenvalue weighted by molar-refractivity contribution is 0.100. The van der Waals surface area contributed by atoms with Gasteiger partial charge in [-0.2, -0.15) is 0 Å². The van der Waals surface area contributed by atoms with Crippen LogP contribution in [0.2, 0.25) is 5.15 Å². The maximum absolute atomic E-state index is 12.5. The highest BCUT2D eigenvalue weighted by molar-refractivity contribution is 7.12. The molecule has 0 atom stereocenters. The molecule has 5 heterocycles. The Morgan fingerprint density at radius 2 is 2.18 bits per heavy atom. The lowest BCUT2D eigenvalue weighted by Crippen LogP contribution is -2.56. The summed E-state index contributed by atoms with van der Waals surface area (Å²) in [6.07, 6.45) is 8.46. The van der Waals surface area contributed by atoms with Gasteiger partial charge in [0, 0.05) is 48.2 Å². The SMILES string of the molecule is COc1c(C)nc(Cl)c(C(N)=O)c1-c1ccnc(-c2nncs2)c1N1CC2(C=CN=CC2)C1. The lowest BCUT2D eigenvalue weighted by Gasteiger charge is -2.51. The normalized spacial score (nSPS) is 16.2. The zero-order valence-corrected chi connectivity index (χ0v) is 19.5. The minimum atomic E-state index is -0.687. The molecule has 5 rings (SSSR count). The van der Waals surface area contributed by atoms with E-state index in [0.29, 0.717) is 27.7 Å². The van der Waals surface area contributed by atoms with Crippen LogP contribution in [0.1, 0.15) is 22.5 Å². The van der Waals surface area contributed by atoms with Crippen LogP contribution in [0.4, 0.5) is 5.69 Å². The Balaban J connectivity index is 1.75. The molecule has 2 aliphatic heterocycles. The topological polar surface area (TPSA) is 119 Å². The van der Waals surface area contributed by atoms with Gasteiger partial charge in [-0.1, -0.05) is 29.0 Å². The van der Waals surface area contributed by atoms with Gasteiger partial charge in [0.05, 0.1) is 24.1 Å². The monoisotopic (exact) mass is 481 g/mol. The Morgan fingerprint density at radius 3 is 2.82 bits per heavy atom. The van der Waals surface area contributed by atoms with E-state index in [1.807, 2.05) is 18.5 Å². The number of carbonyl (C=O) groups excluding carboxylic acids is 1. The van der Waals surface area contributed by atoms with E-state index < -0.39 is 5.91 Å². The summed E-state index contributed by atoms with van der Waals surface area (Å²) in [7, 11) is 1.53. The molecule has 2 aliphatic rings. The number of rotatable bonds is 5. The van der Waals surface area contributed by atoms with E-state index in [4.69, 9.17) is 22.1 Å². The molecule has 9 nitrogen and oxygen atoms in total. The Morgan fingerprint density at radius 1 is 1.36 bits per heavy atom. The third kappa shape index (κ3) is 3.55. The molecule has 11 heteroatoms. The first-order valence-corrected chi connectivity index (χ1v) is 11.4. The summed E-state index contributed by atoms with van der Waals surface area (Å²) in [5.74, 6) is -0.253. The quantitative estimate of drug-likeness (QED) is 0.553. The Hall–Kier alpha value is -3.37. The van der Waals surface area contributed by atoms with Crippen LogP contribution in [-0.4, -0.2) is 52.5 Å². The number of carbonyl (C=O) groups is 1. The van der Waals surface area contributed by atoms with Gasteiger partial charge in [0.2, 0.25) is 0 Å². The van der Waals surface area contributed by atoms with E-state index in [1.165, 1.54) is 18.4 Å². The molecule has 168 valence electrons. The van der Waals surface area contributed by atoms with Crippen molar-refractivity contribution in [2.45, 2.75) is 13.3 Å². The molecule has 0 bridgehead atoms. The van der Waals surface area contributed by atoms with Crippen molar-refractivity contribution < 1.29 is 9.53 Å². The number of methoxy groups -OCH3 is 1. The minimum absolute atomic E-state index is 0.00959. The molecular formula is C22H20ClN7O2S. The number of halogens is 1. The van der Waals surface area contributed by atoms with Crippen molar-refractivity contribution in [3.8, 4) is 27.6 Å². The molecule has 33 heavy (non-hydrogen) atoms. The van der Waals surface area contributed by atoms with Crippen molar-refractivity contribution in [3.05, 3.63) is 46.5 Å². The third-order valence-electron chi connectivity index (χ3n) is 5.93. The van der Waals surface area contributed by atoms with E-state index in [-0.39, 0.29) is 16.1 Å². The van der Waals surface area contributed by atoms with Gasteiger partial charge in [-0.3, -0.25) is 14.8 Å². The molecule has 1 saturated heterocycles. The number of ether oxygens (including phenoxy) is 1. The van der Waals surface area contributed by atoms with Crippen molar-refractivity contribution in [1.82, 2.24) is 20.2 Å². The van der Waals surface area contributed by atoms with E-state index in [0.717, 1.165) is 30.8 Å².